The summed E-state index contributed by atoms with van der Waals surface area (Å²) in [5.74, 6) is 6.38. The maximum atomic E-state index is 11.9. The predicted molar refractivity (Wildman–Crippen MR) is 101 cm³/mol. The van der Waals surface area contributed by atoms with E-state index in [1.807, 2.05) is 37.3 Å². The van der Waals surface area contributed by atoms with Crippen molar-refractivity contribution in [2.75, 3.05) is 12.3 Å². The average molecular weight is 388 g/mol. The number of amides is 1. The molecule has 0 atom stereocenters. The van der Waals surface area contributed by atoms with Crippen LogP contribution in [0.3, 0.4) is 0 Å². The number of hydrogen-bond donors (Lipinski definition) is 1. The van der Waals surface area contributed by atoms with E-state index in [4.69, 9.17) is 0 Å². The Labute approximate surface area is 150 Å². The van der Waals surface area contributed by atoms with Gasteiger partial charge in [0.25, 0.3) is 0 Å². The molecule has 1 amide bonds. The predicted octanol–water partition coefficient (Wildman–Crippen LogP) is 4.33. The molecule has 0 bridgehead atoms. The molecule has 0 saturated heterocycles. The van der Waals surface area contributed by atoms with Crippen LogP contribution < -0.4 is 5.32 Å². The van der Waals surface area contributed by atoms with Gasteiger partial charge < -0.3 is 5.32 Å². The molecule has 0 aliphatic carbocycles. The summed E-state index contributed by atoms with van der Waals surface area (Å²) in [6.07, 6.45) is 0. The summed E-state index contributed by atoms with van der Waals surface area (Å²) in [6.45, 7) is 4.47. The molecule has 0 unspecified atom stereocenters. The first-order valence-electron chi connectivity index (χ1n) is 7.26. The molecule has 2 aromatic rings. The van der Waals surface area contributed by atoms with Gasteiger partial charge in [-0.3, -0.25) is 4.79 Å². The fourth-order valence-electron chi connectivity index (χ4n) is 1.91. The Balaban J connectivity index is 1.80. The number of aryl methyl sites for hydroxylation is 2. The SMILES string of the molecule is Cc1cc(SCC(=O)NCC#Cc2ccccc2)c(C)cc1Br. The number of hydrogen-bond acceptors (Lipinski definition) is 2. The van der Waals surface area contributed by atoms with Gasteiger partial charge in [0.15, 0.2) is 0 Å². The Morgan fingerprint density at radius 2 is 1.91 bits per heavy atom. The largest absolute Gasteiger partial charge is 0.344 e. The van der Waals surface area contributed by atoms with Crippen molar-refractivity contribution in [3.63, 3.8) is 0 Å². The van der Waals surface area contributed by atoms with Crippen molar-refractivity contribution in [2.45, 2.75) is 18.7 Å². The monoisotopic (exact) mass is 387 g/mol. The minimum atomic E-state index is -0.00247. The second kappa shape index (κ2) is 8.81. The Kier molecular flexibility index (Phi) is 6.76. The summed E-state index contributed by atoms with van der Waals surface area (Å²) in [5, 5.41) is 2.83. The topological polar surface area (TPSA) is 29.1 Å². The highest BCUT2D eigenvalue weighted by Gasteiger charge is 2.06. The number of thioether (sulfide) groups is 1. The lowest BCUT2D eigenvalue weighted by atomic mass is 10.2. The van der Waals surface area contributed by atoms with Gasteiger partial charge in [0.1, 0.15) is 0 Å². The fraction of sp³-hybridized carbons (Fsp3) is 0.211. The van der Waals surface area contributed by atoms with Crippen LogP contribution in [0.1, 0.15) is 16.7 Å². The molecule has 0 aliphatic heterocycles. The third kappa shape index (κ3) is 5.78. The Bertz CT molecular complexity index is 747. The molecule has 0 spiro atoms. The van der Waals surface area contributed by atoms with Crippen LogP contribution in [0.5, 0.6) is 0 Å². The van der Waals surface area contributed by atoms with E-state index in [-0.39, 0.29) is 5.91 Å². The number of carbonyl (C=O) groups is 1. The van der Waals surface area contributed by atoms with Crippen molar-refractivity contribution >= 4 is 33.6 Å². The third-order valence-corrected chi connectivity index (χ3v) is 5.21. The lowest BCUT2D eigenvalue weighted by Crippen LogP contribution is -2.25. The standard InChI is InChI=1S/C19H18BrNOS/c1-14-12-18(15(2)11-17(14)20)23-13-19(22)21-10-6-9-16-7-4-3-5-8-16/h3-5,7-8,11-12H,10,13H2,1-2H3,(H,21,22). The minimum Gasteiger partial charge on any atom is -0.344 e. The molecule has 0 aliphatic rings. The van der Waals surface area contributed by atoms with Crippen LogP contribution in [-0.2, 0) is 4.79 Å². The molecule has 0 heterocycles. The number of halogens is 1. The van der Waals surface area contributed by atoms with E-state index in [9.17, 15) is 4.79 Å². The van der Waals surface area contributed by atoms with Gasteiger partial charge in [-0.2, -0.15) is 0 Å². The van der Waals surface area contributed by atoms with Gasteiger partial charge in [0, 0.05) is 14.9 Å². The minimum absolute atomic E-state index is 0.00247. The fourth-order valence-corrected chi connectivity index (χ4v) is 3.31. The van der Waals surface area contributed by atoms with Crippen molar-refractivity contribution in [1.82, 2.24) is 5.32 Å². The third-order valence-electron chi connectivity index (χ3n) is 3.20. The molecular weight excluding hydrogens is 370 g/mol. The van der Waals surface area contributed by atoms with E-state index in [0.717, 1.165) is 14.9 Å². The van der Waals surface area contributed by atoms with Gasteiger partial charge in [-0.05, 0) is 49.2 Å². The van der Waals surface area contributed by atoms with Crippen molar-refractivity contribution in [1.29, 1.82) is 0 Å². The van der Waals surface area contributed by atoms with Crippen LogP contribution in [-0.4, -0.2) is 18.2 Å². The molecule has 2 aromatic carbocycles. The first-order valence-corrected chi connectivity index (χ1v) is 9.04. The molecule has 0 aromatic heterocycles. The van der Waals surface area contributed by atoms with Crippen LogP contribution in [0.2, 0.25) is 0 Å². The van der Waals surface area contributed by atoms with Crippen molar-refractivity contribution in [2.24, 2.45) is 0 Å². The van der Waals surface area contributed by atoms with E-state index in [2.05, 4.69) is 52.1 Å². The van der Waals surface area contributed by atoms with Crippen LogP contribution in [0.15, 0.2) is 51.8 Å². The van der Waals surface area contributed by atoms with Gasteiger partial charge in [-0.25, -0.2) is 0 Å². The molecule has 2 nitrogen and oxygen atoms in total. The summed E-state index contributed by atoms with van der Waals surface area (Å²) in [4.78, 5) is 13.0. The summed E-state index contributed by atoms with van der Waals surface area (Å²) < 4.78 is 1.10. The molecule has 1 N–H and O–H groups in total. The van der Waals surface area contributed by atoms with E-state index in [0.29, 0.717) is 12.3 Å². The van der Waals surface area contributed by atoms with Crippen LogP contribution in [0, 0.1) is 25.7 Å². The van der Waals surface area contributed by atoms with Crippen LogP contribution in [0.4, 0.5) is 0 Å². The Morgan fingerprint density at radius 1 is 1.17 bits per heavy atom. The van der Waals surface area contributed by atoms with Crippen LogP contribution >= 0.6 is 27.7 Å². The molecule has 0 fully saturated rings. The highest BCUT2D eigenvalue weighted by molar-refractivity contribution is 9.10. The average Bonchev–Trinajstić information content (AvgIpc) is 2.55. The highest BCUT2D eigenvalue weighted by Crippen LogP contribution is 2.28. The maximum Gasteiger partial charge on any atom is 0.231 e. The normalized spacial score (nSPS) is 9.87. The quantitative estimate of drug-likeness (QED) is 0.624. The Morgan fingerprint density at radius 3 is 2.65 bits per heavy atom. The molecule has 4 heteroatoms. The lowest BCUT2D eigenvalue weighted by molar-refractivity contribution is -0.118. The number of benzene rings is 2. The second-order valence-corrected chi connectivity index (χ2v) is 6.97. The van der Waals surface area contributed by atoms with Crippen LogP contribution in [0.25, 0.3) is 0 Å². The van der Waals surface area contributed by atoms with Gasteiger partial charge >= 0.3 is 0 Å². The number of nitrogens with one attached hydrogen (secondary N) is 1. The van der Waals surface area contributed by atoms with E-state index < -0.39 is 0 Å². The number of carbonyl (C=O) groups excluding carboxylic acids is 1. The summed E-state index contributed by atoms with van der Waals surface area (Å²) in [5.41, 5.74) is 3.30. The second-order valence-electron chi connectivity index (χ2n) is 5.10. The Hall–Kier alpha value is -1.70. The number of rotatable bonds is 4. The van der Waals surface area contributed by atoms with Crippen molar-refractivity contribution in [3.05, 3.63) is 63.6 Å². The molecule has 23 heavy (non-hydrogen) atoms. The zero-order valence-electron chi connectivity index (χ0n) is 13.2. The van der Waals surface area contributed by atoms with Crippen molar-refractivity contribution in [3.8, 4) is 11.8 Å². The zero-order valence-corrected chi connectivity index (χ0v) is 15.6. The van der Waals surface area contributed by atoms with E-state index in [1.54, 1.807) is 11.8 Å². The molecule has 118 valence electrons. The summed E-state index contributed by atoms with van der Waals surface area (Å²) in [6, 6.07) is 13.9. The zero-order chi connectivity index (χ0) is 16.7. The van der Waals surface area contributed by atoms with Crippen molar-refractivity contribution < 1.29 is 4.79 Å². The van der Waals surface area contributed by atoms with Gasteiger partial charge in [0.05, 0.1) is 12.3 Å². The lowest BCUT2D eigenvalue weighted by Gasteiger charge is -2.08. The summed E-state index contributed by atoms with van der Waals surface area (Å²) in [7, 11) is 0. The smallest absolute Gasteiger partial charge is 0.231 e. The maximum absolute atomic E-state index is 11.9. The summed E-state index contributed by atoms with van der Waals surface area (Å²) >= 11 is 5.07. The molecule has 2 rings (SSSR count). The van der Waals surface area contributed by atoms with E-state index in [1.165, 1.54) is 11.1 Å². The van der Waals surface area contributed by atoms with E-state index >= 15 is 0 Å². The molecular formula is C19H18BrNOS. The van der Waals surface area contributed by atoms with Gasteiger partial charge in [-0.15, -0.1) is 11.8 Å². The first kappa shape index (κ1) is 17.7. The highest BCUT2D eigenvalue weighted by atomic mass is 79.9. The first-order chi connectivity index (χ1) is 11.1. The molecule has 0 saturated carbocycles. The van der Waals surface area contributed by atoms with Gasteiger partial charge in [-0.1, -0.05) is 46.0 Å². The molecule has 0 radical (unpaired) electrons. The van der Waals surface area contributed by atoms with Gasteiger partial charge in [0.2, 0.25) is 5.91 Å².